The van der Waals surface area contributed by atoms with Crippen molar-refractivity contribution in [1.29, 1.82) is 0 Å². The van der Waals surface area contributed by atoms with E-state index < -0.39 is 0 Å². The summed E-state index contributed by atoms with van der Waals surface area (Å²) >= 11 is 0. The average Bonchev–Trinajstić information content (AvgIpc) is 2.34. The van der Waals surface area contributed by atoms with Crippen molar-refractivity contribution in [3.8, 4) is 0 Å². The normalized spacial score (nSPS) is 21.3. The number of aryl methyl sites for hydroxylation is 1. The first-order chi connectivity index (χ1) is 5.20. The van der Waals surface area contributed by atoms with Gasteiger partial charge in [-0.3, -0.25) is 0 Å². The van der Waals surface area contributed by atoms with E-state index in [1.54, 1.807) is 0 Å². The van der Waals surface area contributed by atoms with Crippen LogP contribution in [0.1, 0.15) is 32.5 Å². The summed E-state index contributed by atoms with van der Waals surface area (Å²) in [6.45, 7) is 5.55. The Morgan fingerprint density at radius 2 is 2.36 bits per heavy atom. The first kappa shape index (κ1) is 6.83. The Kier molecular flexibility index (Phi) is 1.28. The largest absolute Gasteiger partial charge is 0.317 e. The molecule has 0 aliphatic carbocycles. The minimum absolute atomic E-state index is 0.231. The fourth-order valence-corrected chi connectivity index (χ4v) is 1.75. The minimum Gasteiger partial charge on any atom is -0.317 e. The Morgan fingerprint density at radius 3 is 3.09 bits per heavy atom. The van der Waals surface area contributed by atoms with Crippen molar-refractivity contribution < 1.29 is 0 Å². The van der Waals surface area contributed by atoms with Crippen LogP contribution in [0.3, 0.4) is 0 Å². The van der Waals surface area contributed by atoms with Gasteiger partial charge in [-0.25, -0.2) is 0 Å². The predicted molar refractivity (Wildman–Crippen MR) is 42.3 cm³/mol. The molecule has 0 amide bonds. The zero-order valence-electron chi connectivity index (χ0n) is 7.04. The zero-order valence-corrected chi connectivity index (χ0v) is 7.04. The molecule has 1 aromatic rings. The molecule has 2 rings (SSSR count). The SMILES string of the molecule is CC1(C)CCCn2cnnc21. The standard InChI is InChI=1S/C8H13N3/c1-8(2)4-3-5-11-6-9-10-7(8)11/h6H,3-5H2,1-2H3. The Balaban J connectivity index is 2.48. The van der Waals surface area contributed by atoms with E-state index in [4.69, 9.17) is 0 Å². The van der Waals surface area contributed by atoms with Gasteiger partial charge >= 0.3 is 0 Å². The molecule has 0 fully saturated rings. The van der Waals surface area contributed by atoms with E-state index in [2.05, 4.69) is 28.6 Å². The number of aromatic nitrogens is 3. The van der Waals surface area contributed by atoms with Gasteiger partial charge < -0.3 is 4.57 Å². The van der Waals surface area contributed by atoms with Crippen LogP contribution in [-0.4, -0.2) is 14.8 Å². The van der Waals surface area contributed by atoms with Crippen molar-refractivity contribution in [2.24, 2.45) is 0 Å². The number of nitrogens with zero attached hydrogens (tertiary/aromatic N) is 3. The molecule has 0 bridgehead atoms. The fourth-order valence-electron chi connectivity index (χ4n) is 1.75. The summed E-state index contributed by atoms with van der Waals surface area (Å²) < 4.78 is 2.16. The second-order valence-corrected chi connectivity index (χ2v) is 3.84. The van der Waals surface area contributed by atoms with Crippen molar-refractivity contribution in [1.82, 2.24) is 14.8 Å². The number of hydrogen-bond acceptors (Lipinski definition) is 2. The molecule has 3 nitrogen and oxygen atoms in total. The molecular formula is C8H13N3. The van der Waals surface area contributed by atoms with Gasteiger partial charge in [0.15, 0.2) is 0 Å². The van der Waals surface area contributed by atoms with Gasteiger partial charge in [-0.1, -0.05) is 13.8 Å². The molecule has 0 N–H and O–H groups in total. The van der Waals surface area contributed by atoms with Crippen LogP contribution in [0.4, 0.5) is 0 Å². The van der Waals surface area contributed by atoms with Gasteiger partial charge in [0.2, 0.25) is 0 Å². The number of fused-ring (bicyclic) bond motifs is 1. The average molecular weight is 151 g/mol. The second-order valence-electron chi connectivity index (χ2n) is 3.84. The van der Waals surface area contributed by atoms with E-state index in [1.807, 2.05) is 6.33 Å². The molecular weight excluding hydrogens is 138 g/mol. The summed E-state index contributed by atoms with van der Waals surface area (Å²) in [6, 6.07) is 0. The Labute approximate surface area is 66.4 Å². The predicted octanol–water partition coefficient (Wildman–Crippen LogP) is 1.35. The molecule has 0 saturated carbocycles. The topological polar surface area (TPSA) is 30.7 Å². The molecule has 0 atom stereocenters. The molecule has 1 aromatic heterocycles. The van der Waals surface area contributed by atoms with Crippen molar-refractivity contribution in [3.05, 3.63) is 12.2 Å². The van der Waals surface area contributed by atoms with Crippen LogP contribution in [-0.2, 0) is 12.0 Å². The molecule has 1 aliphatic heterocycles. The maximum absolute atomic E-state index is 4.12. The molecule has 0 aromatic carbocycles. The highest BCUT2D eigenvalue weighted by Crippen LogP contribution is 2.30. The summed E-state index contributed by atoms with van der Waals surface area (Å²) in [5.41, 5.74) is 0.231. The van der Waals surface area contributed by atoms with Crippen LogP contribution in [0.15, 0.2) is 6.33 Å². The van der Waals surface area contributed by atoms with E-state index in [1.165, 1.54) is 12.8 Å². The lowest BCUT2D eigenvalue weighted by Crippen LogP contribution is -2.27. The van der Waals surface area contributed by atoms with Crippen molar-refractivity contribution in [3.63, 3.8) is 0 Å². The van der Waals surface area contributed by atoms with Crippen molar-refractivity contribution >= 4 is 0 Å². The molecule has 0 radical (unpaired) electrons. The molecule has 2 heterocycles. The molecule has 1 aliphatic rings. The molecule has 3 heteroatoms. The first-order valence-electron chi connectivity index (χ1n) is 4.08. The third-order valence-corrected chi connectivity index (χ3v) is 2.42. The van der Waals surface area contributed by atoms with E-state index in [9.17, 15) is 0 Å². The minimum atomic E-state index is 0.231. The smallest absolute Gasteiger partial charge is 0.138 e. The lowest BCUT2D eigenvalue weighted by Gasteiger charge is -2.28. The van der Waals surface area contributed by atoms with Gasteiger partial charge in [0.05, 0.1) is 0 Å². The maximum Gasteiger partial charge on any atom is 0.138 e. The third kappa shape index (κ3) is 0.951. The van der Waals surface area contributed by atoms with Gasteiger partial charge in [-0.15, -0.1) is 10.2 Å². The summed E-state index contributed by atoms with van der Waals surface area (Å²) in [5.74, 6) is 1.14. The van der Waals surface area contributed by atoms with E-state index in [-0.39, 0.29) is 5.41 Å². The van der Waals surface area contributed by atoms with Gasteiger partial charge in [-0.2, -0.15) is 0 Å². The zero-order chi connectivity index (χ0) is 7.90. The first-order valence-corrected chi connectivity index (χ1v) is 4.08. The van der Waals surface area contributed by atoms with Crippen LogP contribution >= 0.6 is 0 Å². The highest BCUT2D eigenvalue weighted by Gasteiger charge is 2.29. The monoisotopic (exact) mass is 151 g/mol. The lowest BCUT2D eigenvalue weighted by atomic mass is 9.84. The summed E-state index contributed by atoms with van der Waals surface area (Å²) in [4.78, 5) is 0. The van der Waals surface area contributed by atoms with Gasteiger partial charge in [0.1, 0.15) is 12.2 Å². The van der Waals surface area contributed by atoms with Crippen molar-refractivity contribution in [2.45, 2.75) is 38.6 Å². The quantitative estimate of drug-likeness (QED) is 0.560. The summed E-state index contributed by atoms with van der Waals surface area (Å²) in [6.07, 6.45) is 4.31. The molecule has 11 heavy (non-hydrogen) atoms. The van der Waals surface area contributed by atoms with Crippen LogP contribution in [0, 0.1) is 0 Å². The molecule has 0 spiro atoms. The van der Waals surface area contributed by atoms with E-state index in [0.717, 1.165) is 12.4 Å². The number of hydrogen-bond donors (Lipinski definition) is 0. The van der Waals surface area contributed by atoms with Gasteiger partial charge in [-0.05, 0) is 12.8 Å². The Morgan fingerprint density at radius 1 is 1.55 bits per heavy atom. The fraction of sp³-hybridized carbons (Fsp3) is 0.750. The summed E-state index contributed by atoms with van der Waals surface area (Å²) in [7, 11) is 0. The van der Waals surface area contributed by atoms with Crippen LogP contribution < -0.4 is 0 Å². The highest BCUT2D eigenvalue weighted by atomic mass is 15.3. The van der Waals surface area contributed by atoms with Gasteiger partial charge in [0.25, 0.3) is 0 Å². The highest BCUT2D eigenvalue weighted by molar-refractivity contribution is 5.05. The Hall–Kier alpha value is -0.860. The number of rotatable bonds is 0. The third-order valence-electron chi connectivity index (χ3n) is 2.42. The lowest BCUT2D eigenvalue weighted by molar-refractivity contribution is 0.351. The molecule has 0 saturated heterocycles. The van der Waals surface area contributed by atoms with E-state index in [0.29, 0.717) is 0 Å². The van der Waals surface area contributed by atoms with Gasteiger partial charge in [0, 0.05) is 12.0 Å². The van der Waals surface area contributed by atoms with Crippen LogP contribution in [0.2, 0.25) is 0 Å². The molecule has 60 valence electrons. The Bertz CT molecular complexity index is 262. The van der Waals surface area contributed by atoms with E-state index >= 15 is 0 Å². The summed E-state index contributed by atoms with van der Waals surface area (Å²) in [5, 5.41) is 8.03. The van der Waals surface area contributed by atoms with Crippen LogP contribution in [0.25, 0.3) is 0 Å². The molecule has 0 unspecified atom stereocenters. The second kappa shape index (κ2) is 2.06. The maximum atomic E-state index is 4.12. The van der Waals surface area contributed by atoms with Crippen LogP contribution in [0.5, 0.6) is 0 Å². The van der Waals surface area contributed by atoms with Crippen molar-refractivity contribution in [2.75, 3.05) is 0 Å².